The maximum absolute atomic E-state index is 13.1. The minimum Gasteiger partial charge on any atom is -0.319 e. The van der Waals surface area contributed by atoms with Crippen molar-refractivity contribution in [1.29, 1.82) is 0 Å². The van der Waals surface area contributed by atoms with Gasteiger partial charge in [0.05, 0.1) is 15.1 Å². The molecule has 0 atom stereocenters. The molecule has 1 aromatic heterocycles. The molecule has 8 heteroatoms. The monoisotopic (exact) mass is 487 g/mol. The molecule has 0 spiro atoms. The number of fused-ring (bicyclic) bond motifs is 1. The smallest absolute Gasteiger partial charge is 0.279 e. The number of aromatic nitrogens is 1. The van der Waals surface area contributed by atoms with Crippen LogP contribution in [0.1, 0.15) is 61.0 Å². The molecule has 178 valence electrons. The van der Waals surface area contributed by atoms with Crippen molar-refractivity contribution in [3.63, 3.8) is 0 Å². The van der Waals surface area contributed by atoms with Crippen molar-refractivity contribution in [3.8, 4) is 0 Å². The van der Waals surface area contributed by atoms with Crippen molar-refractivity contribution in [1.82, 2.24) is 8.87 Å². The van der Waals surface area contributed by atoms with Gasteiger partial charge in [0.25, 0.3) is 5.91 Å². The summed E-state index contributed by atoms with van der Waals surface area (Å²) in [5.74, 6) is -0.385. The van der Waals surface area contributed by atoms with Crippen LogP contribution in [0.15, 0.2) is 46.3 Å². The van der Waals surface area contributed by atoms with Gasteiger partial charge in [-0.05, 0) is 68.1 Å². The van der Waals surface area contributed by atoms with E-state index in [-0.39, 0.29) is 10.8 Å². The number of thiazole rings is 1. The molecule has 1 amide bonds. The molecule has 1 heterocycles. The topological polar surface area (TPSA) is 71.7 Å². The molecule has 3 rings (SSSR count). The molecule has 33 heavy (non-hydrogen) atoms. The van der Waals surface area contributed by atoms with Gasteiger partial charge in [-0.3, -0.25) is 4.79 Å². The maximum Gasteiger partial charge on any atom is 0.279 e. The average molecular weight is 488 g/mol. The van der Waals surface area contributed by atoms with Gasteiger partial charge in [-0.25, -0.2) is 8.42 Å². The molecular weight excluding hydrogens is 454 g/mol. The van der Waals surface area contributed by atoms with Crippen LogP contribution in [-0.2, 0) is 17.1 Å². The Hall–Kier alpha value is -2.29. The second kappa shape index (κ2) is 10.8. The van der Waals surface area contributed by atoms with Crippen LogP contribution < -0.4 is 4.80 Å². The maximum atomic E-state index is 13.1. The fraction of sp³-hybridized carbons (Fsp3) is 0.440. The van der Waals surface area contributed by atoms with E-state index in [1.54, 1.807) is 16.4 Å². The van der Waals surface area contributed by atoms with Gasteiger partial charge in [0.15, 0.2) is 4.80 Å². The third-order valence-electron chi connectivity index (χ3n) is 5.95. The summed E-state index contributed by atoms with van der Waals surface area (Å²) in [6.07, 6.45) is 3.51. The molecule has 2 aromatic carbocycles. The van der Waals surface area contributed by atoms with Crippen LogP contribution in [-0.4, -0.2) is 36.3 Å². The first kappa shape index (κ1) is 25.3. The number of sulfonamides is 1. The molecular formula is C25H33N3O3S2. The Morgan fingerprint density at radius 3 is 2.18 bits per heavy atom. The molecule has 0 fully saturated rings. The number of carbonyl (C=O) groups excluding carboxylic acids is 1. The summed E-state index contributed by atoms with van der Waals surface area (Å²) in [4.78, 5) is 18.0. The molecule has 3 aromatic rings. The lowest BCUT2D eigenvalue weighted by Crippen LogP contribution is -2.33. The molecule has 0 saturated carbocycles. The number of rotatable bonds is 9. The molecule has 0 aliphatic rings. The summed E-state index contributed by atoms with van der Waals surface area (Å²) in [5, 5.41) is 0. The quantitative estimate of drug-likeness (QED) is 0.417. The molecule has 0 bridgehead atoms. The summed E-state index contributed by atoms with van der Waals surface area (Å²) in [6, 6.07) is 10.3. The van der Waals surface area contributed by atoms with Crippen LogP contribution in [0.3, 0.4) is 0 Å². The van der Waals surface area contributed by atoms with E-state index in [4.69, 9.17) is 0 Å². The lowest BCUT2D eigenvalue weighted by Gasteiger charge is -2.22. The van der Waals surface area contributed by atoms with Crippen molar-refractivity contribution < 1.29 is 13.2 Å². The van der Waals surface area contributed by atoms with E-state index in [0.29, 0.717) is 23.5 Å². The van der Waals surface area contributed by atoms with Crippen LogP contribution >= 0.6 is 11.3 Å². The zero-order valence-corrected chi connectivity index (χ0v) is 21.7. The number of hydrogen-bond donors (Lipinski definition) is 0. The number of nitrogens with zero attached hydrogens (tertiary/aromatic N) is 3. The van der Waals surface area contributed by atoms with E-state index in [1.165, 1.54) is 34.6 Å². The first-order valence-corrected chi connectivity index (χ1v) is 13.7. The Balaban J connectivity index is 1.89. The summed E-state index contributed by atoms with van der Waals surface area (Å²) in [6.45, 7) is 9.25. The fourth-order valence-electron chi connectivity index (χ4n) is 3.73. The third kappa shape index (κ3) is 5.45. The van der Waals surface area contributed by atoms with Crippen LogP contribution in [0, 0.1) is 13.8 Å². The number of unbranched alkanes of at least 4 members (excludes halogenated alkanes) is 2. The molecule has 0 saturated heterocycles. The van der Waals surface area contributed by atoms with Crippen LogP contribution in [0.2, 0.25) is 0 Å². The average Bonchev–Trinajstić information content (AvgIpc) is 3.12. The lowest BCUT2D eigenvalue weighted by atomic mass is 10.1. The Kier molecular flexibility index (Phi) is 8.26. The van der Waals surface area contributed by atoms with Gasteiger partial charge >= 0.3 is 0 Å². The lowest BCUT2D eigenvalue weighted by molar-refractivity contribution is 0.0998. The zero-order chi connectivity index (χ0) is 24.2. The predicted molar refractivity (Wildman–Crippen MR) is 135 cm³/mol. The van der Waals surface area contributed by atoms with E-state index in [2.05, 4.69) is 24.9 Å². The number of aryl methyl sites for hydroxylation is 3. The Bertz CT molecular complexity index is 1300. The van der Waals surface area contributed by atoms with E-state index in [9.17, 15) is 13.2 Å². The Labute approximate surface area is 200 Å². The zero-order valence-electron chi connectivity index (χ0n) is 20.1. The first-order chi connectivity index (χ1) is 15.7. The Morgan fingerprint density at radius 1 is 1.00 bits per heavy atom. The van der Waals surface area contributed by atoms with Gasteiger partial charge < -0.3 is 4.57 Å². The van der Waals surface area contributed by atoms with Crippen molar-refractivity contribution in [3.05, 3.63) is 57.9 Å². The van der Waals surface area contributed by atoms with E-state index in [0.717, 1.165) is 35.9 Å². The SMILES string of the molecule is CCCCN(CCCC)S(=O)(=O)c1ccc(C(=O)N=c2sc3ccc(C)c(C)c3n2C)cc1. The van der Waals surface area contributed by atoms with Gasteiger partial charge in [0.1, 0.15) is 0 Å². The largest absolute Gasteiger partial charge is 0.319 e. The predicted octanol–water partition coefficient (Wildman–Crippen LogP) is 5.19. The standard InChI is InChI=1S/C25H33N3O3S2/c1-6-8-16-28(17-9-7-2)33(30,31)21-13-11-20(12-14-21)24(29)26-25-27(5)23-19(4)18(3)10-15-22(23)32-25/h10-15H,6-9,16-17H2,1-5H3. The third-order valence-corrected chi connectivity index (χ3v) is 8.96. The van der Waals surface area contributed by atoms with Crippen LogP contribution in [0.5, 0.6) is 0 Å². The minimum absolute atomic E-state index is 0.213. The van der Waals surface area contributed by atoms with Crippen LogP contribution in [0.4, 0.5) is 0 Å². The highest BCUT2D eigenvalue weighted by atomic mass is 32.2. The van der Waals surface area contributed by atoms with Gasteiger partial charge in [-0.1, -0.05) is 44.1 Å². The summed E-state index contributed by atoms with van der Waals surface area (Å²) >= 11 is 1.47. The van der Waals surface area contributed by atoms with Gasteiger partial charge in [-0.15, -0.1) is 0 Å². The number of benzene rings is 2. The molecule has 0 aliphatic heterocycles. The van der Waals surface area contributed by atoms with Crippen molar-refractivity contribution >= 4 is 37.5 Å². The van der Waals surface area contributed by atoms with Gasteiger partial charge in [0, 0.05) is 25.7 Å². The summed E-state index contributed by atoms with van der Waals surface area (Å²) in [5.41, 5.74) is 3.81. The molecule has 0 aliphatic carbocycles. The van der Waals surface area contributed by atoms with Gasteiger partial charge in [-0.2, -0.15) is 9.30 Å². The summed E-state index contributed by atoms with van der Waals surface area (Å²) in [7, 11) is -1.68. The van der Waals surface area contributed by atoms with E-state index in [1.807, 2.05) is 31.5 Å². The normalized spacial score (nSPS) is 12.7. The fourth-order valence-corrected chi connectivity index (χ4v) is 6.32. The number of amides is 1. The highest BCUT2D eigenvalue weighted by Crippen LogP contribution is 2.23. The van der Waals surface area contributed by atoms with Gasteiger partial charge in [0.2, 0.25) is 10.0 Å². The number of carbonyl (C=O) groups is 1. The van der Waals surface area contributed by atoms with E-state index < -0.39 is 10.0 Å². The number of hydrogen-bond acceptors (Lipinski definition) is 4. The highest BCUT2D eigenvalue weighted by Gasteiger charge is 2.23. The second-order valence-electron chi connectivity index (χ2n) is 8.35. The second-order valence-corrected chi connectivity index (χ2v) is 11.3. The van der Waals surface area contributed by atoms with Crippen molar-refractivity contribution in [2.45, 2.75) is 58.3 Å². The van der Waals surface area contributed by atoms with Crippen LogP contribution in [0.25, 0.3) is 10.2 Å². The van der Waals surface area contributed by atoms with Crippen molar-refractivity contribution in [2.75, 3.05) is 13.1 Å². The summed E-state index contributed by atoms with van der Waals surface area (Å²) < 4.78 is 30.8. The molecule has 6 nitrogen and oxygen atoms in total. The molecule has 0 radical (unpaired) electrons. The molecule has 0 N–H and O–H groups in total. The van der Waals surface area contributed by atoms with Crippen molar-refractivity contribution in [2.24, 2.45) is 12.0 Å². The van der Waals surface area contributed by atoms with E-state index >= 15 is 0 Å². The highest BCUT2D eigenvalue weighted by molar-refractivity contribution is 7.89. The first-order valence-electron chi connectivity index (χ1n) is 11.5. The minimum atomic E-state index is -3.59. The Morgan fingerprint density at radius 2 is 1.61 bits per heavy atom. The molecule has 0 unspecified atom stereocenters.